The molecule has 6 heteroatoms. The summed E-state index contributed by atoms with van der Waals surface area (Å²) in [6.07, 6.45) is 1.20. The molecule has 0 atom stereocenters. The van der Waals surface area contributed by atoms with Gasteiger partial charge in [0.2, 0.25) is 5.75 Å². The van der Waals surface area contributed by atoms with E-state index in [1.54, 1.807) is 33.1 Å². The Morgan fingerprint density at radius 3 is 2.19 bits per heavy atom. The summed E-state index contributed by atoms with van der Waals surface area (Å²) in [5.41, 5.74) is 0. The summed E-state index contributed by atoms with van der Waals surface area (Å²) in [5, 5.41) is 0. The molecule has 118 valence electrons. The van der Waals surface area contributed by atoms with Crippen LogP contribution in [0, 0.1) is 0 Å². The third-order valence-electron chi connectivity index (χ3n) is 2.74. The standard InChI is InChI=1S/C15H22O5S/c1-5-20-14(16)7-6-8-21-11-9-12(17-2)15(19-4)13(10-11)18-3/h9-10H,5-8H2,1-4H3. The molecule has 0 heterocycles. The van der Waals surface area contributed by atoms with Gasteiger partial charge in [-0.05, 0) is 31.2 Å². The minimum absolute atomic E-state index is 0.150. The second-order valence-corrected chi connectivity index (χ2v) is 5.29. The molecule has 0 saturated carbocycles. The fraction of sp³-hybridized carbons (Fsp3) is 0.533. The number of methoxy groups -OCH3 is 3. The summed E-state index contributed by atoms with van der Waals surface area (Å²) in [5.74, 6) is 2.51. The Labute approximate surface area is 129 Å². The molecule has 0 bridgehead atoms. The second-order valence-electron chi connectivity index (χ2n) is 4.12. The smallest absolute Gasteiger partial charge is 0.305 e. The fourth-order valence-electron chi connectivity index (χ4n) is 1.78. The number of esters is 1. The molecule has 0 amide bonds. The van der Waals surface area contributed by atoms with Crippen molar-refractivity contribution in [2.24, 2.45) is 0 Å². The summed E-state index contributed by atoms with van der Waals surface area (Å²) in [4.78, 5) is 12.3. The van der Waals surface area contributed by atoms with Crippen LogP contribution in [-0.2, 0) is 9.53 Å². The van der Waals surface area contributed by atoms with E-state index >= 15 is 0 Å². The molecule has 0 aliphatic carbocycles. The first-order valence-corrected chi connectivity index (χ1v) is 7.73. The van der Waals surface area contributed by atoms with Crippen LogP contribution < -0.4 is 14.2 Å². The lowest BCUT2D eigenvalue weighted by atomic mass is 10.3. The van der Waals surface area contributed by atoms with Gasteiger partial charge in [0.25, 0.3) is 0 Å². The normalized spacial score (nSPS) is 10.1. The summed E-state index contributed by atoms with van der Waals surface area (Å²) in [7, 11) is 4.76. The number of thioether (sulfide) groups is 1. The number of benzene rings is 1. The van der Waals surface area contributed by atoms with E-state index < -0.39 is 0 Å². The first-order chi connectivity index (χ1) is 10.2. The lowest BCUT2D eigenvalue weighted by molar-refractivity contribution is -0.143. The van der Waals surface area contributed by atoms with Gasteiger partial charge in [-0.3, -0.25) is 4.79 Å². The predicted octanol–water partition coefficient (Wildman–Crippen LogP) is 3.15. The minimum atomic E-state index is -0.150. The maximum atomic E-state index is 11.3. The summed E-state index contributed by atoms with van der Waals surface area (Å²) >= 11 is 1.64. The van der Waals surface area contributed by atoms with Gasteiger partial charge >= 0.3 is 5.97 Å². The zero-order valence-electron chi connectivity index (χ0n) is 12.9. The number of hydrogen-bond acceptors (Lipinski definition) is 6. The van der Waals surface area contributed by atoms with Crippen LogP contribution in [0.4, 0.5) is 0 Å². The van der Waals surface area contributed by atoms with Gasteiger partial charge < -0.3 is 18.9 Å². The summed E-state index contributed by atoms with van der Waals surface area (Å²) in [6, 6.07) is 3.80. The largest absolute Gasteiger partial charge is 0.493 e. The zero-order chi connectivity index (χ0) is 15.7. The highest BCUT2D eigenvalue weighted by atomic mass is 32.2. The molecular formula is C15H22O5S. The Balaban J connectivity index is 2.61. The molecule has 0 N–H and O–H groups in total. The van der Waals surface area contributed by atoms with Crippen molar-refractivity contribution < 1.29 is 23.7 Å². The first-order valence-electron chi connectivity index (χ1n) is 6.74. The van der Waals surface area contributed by atoms with Gasteiger partial charge in [-0.1, -0.05) is 0 Å². The Morgan fingerprint density at radius 1 is 1.10 bits per heavy atom. The van der Waals surface area contributed by atoms with Crippen LogP contribution in [0.2, 0.25) is 0 Å². The molecule has 21 heavy (non-hydrogen) atoms. The molecule has 0 aliphatic heterocycles. The van der Waals surface area contributed by atoms with Crippen molar-refractivity contribution in [2.45, 2.75) is 24.7 Å². The number of ether oxygens (including phenoxy) is 4. The molecule has 1 rings (SSSR count). The molecule has 0 fully saturated rings. The highest BCUT2D eigenvalue weighted by Gasteiger charge is 2.13. The van der Waals surface area contributed by atoms with Gasteiger partial charge in [0.15, 0.2) is 11.5 Å². The predicted molar refractivity (Wildman–Crippen MR) is 82.7 cm³/mol. The topological polar surface area (TPSA) is 54.0 Å². The van der Waals surface area contributed by atoms with E-state index in [9.17, 15) is 4.79 Å². The van der Waals surface area contributed by atoms with Crippen molar-refractivity contribution in [1.29, 1.82) is 0 Å². The number of rotatable bonds is 9. The van der Waals surface area contributed by atoms with E-state index in [2.05, 4.69) is 0 Å². The van der Waals surface area contributed by atoms with Crippen LogP contribution in [0.5, 0.6) is 17.2 Å². The second kappa shape index (κ2) is 9.39. The van der Waals surface area contributed by atoms with Crippen molar-refractivity contribution in [3.8, 4) is 17.2 Å². The third kappa shape index (κ3) is 5.38. The third-order valence-corrected chi connectivity index (χ3v) is 3.80. The molecule has 0 radical (unpaired) electrons. The quantitative estimate of drug-likeness (QED) is 0.396. The minimum Gasteiger partial charge on any atom is -0.493 e. The Hall–Kier alpha value is -1.56. The molecule has 0 unspecified atom stereocenters. The summed E-state index contributed by atoms with van der Waals surface area (Å²) < 4.78 is 20.8. The van der Waals surface area contributed by atoms with Gasteiger partial charge in [-0.25, -0.2) is 0 Å². The zero-order valence-corrected chi connectivity index (χ0v) is 13.7. The van der Waals surface area contributed by atoms with Gasteiger partial charge in [0, 0.05) is 11.3 Å². The van der Waals surface area contributed by atoms with Crippen molar-refractivity contribution in [1.82, 2.24) is 0 Å². The van der Waals surface area contributed by atoms with Crippen LogP contribution in [-0.4, -0.2) is 39.7 Å². The van der Waals surface area contributed by atoms with Crippen LogP contribution in [0.1, 0.15) is 19.8 Å². The fourth-order valence-corrected chi connectivity index (χ4v) is 2.69. The van der Waals surface area contributed by atoms with E-state index in [4.69, 9.17) is 18.9 Å². The monoisotopic (exact) mass is 314 g/mol. The van der Waals surface area contributed by atoms with E-state index in [-0.39, 0.29) is 5.97 Å². The average Bonchev–Trinajstić information content (AvgIpc) is 2.50. The molecule has 1 aromatic rings. The molecule has 0 aromatic heterocycles. The SMILES string of the molecule is CCOC(=O)CCCSc1cc(OC)c(OC)c(OC)c1. The van der Waals surface area contributed by atoms with E-state index in [1.165, 1.54) is 0 Å². The molecule has 1 aromatic carbocycles. The molecule has 0 spiro atoms. The van der Waals surface area contributed by atoms with Gasteiger partial charge in [0.05, 0.1) is 27.9 Å². The molecule has 0 aliphatic rings. The highest BCUT2D eigenvalue weighted by Crippen LogP contribution is 2.40. The van der Waals surface area contributed by atoms with Crippen LogP contribution in [0.25, 0.3) is 0 Å². The number of carbonyl (C=O) groups is 1. The molecule has 5 nitrogen and oxygen atoms in total. The van der Waals surface area contributed by atoms with E-state index in [0.29, 0.717) is 30.3 Å². The maximum absolute atomic E-state index is 11.3. The lowest BCUT2D eigenvalue weighted by Gasteiger charge is -2.13. The van der Waals surface area contributed by atoms with Gasteiger partial charge in [0.1, 0.15) is 0 Å². The molecular weight excluding hydrogens is 292 g/mol. The summed E-state index contributed by atoms with van der Waals surface area (Å²) in [6.45, 7) is 2.24. The van der Waals surface area contributed by atoms with Crippen LogP contribution in [0.15, 0.2) is 17.0 Å². The van der Waals surface area contributed by atoms with Gasteiger partial charge in [-0.2, -0.15) is 0 Å². The number of carbonyl (C=O) groups excluding carboxylic acids is 1. The van der Waals surface area contributed by atoms with Crippen LogP contribution >= 0.6 is 11.8 Å². The Morgan fingerprint density at radius 2 is 1.71 bits per heavy atom. The Bertz CT molecular complexity index is 436. The first kappa shape index (κ1) is 17.5. The highest BCUT2D eigenvalue weighted by molar-refractivity contribution is 7.99. The van der Waals surface area contributed by atoms with E-state index in [1.807, 2.05) is 19.1 Å². The number of hydrogen-bond donors (Lipinski definition) is 0. The van der Waals surface area contributed by atoms with Crippen molar-refractivity contribution in [3.63, 3.8) is 0 Å². The van der Waals surface area contributed by atoms with Gasteiger partial charge in [-0.15, -0.1) is 11.8 Å². The van der Waals surface area contributed by atoms with Crippen LogP contribution in [0.3, 0.4) is 0 Å². The maximum Gasteiger partial charge on any atom is 0.305 e. The van der Waals surface area contributed by atoms with Crippen molar-refractivity contribution in [3.05, 3.63) is 12.1 Å². The van der Waals surface area contributed by atoms with E-state index in [0.717, 1.165) is 17.1 Å². The lowest BCUT2D eigenvalue weighted by Crippen LogP contribution is -2.03. The van der Waals surface area contributed by atoms with Crippen molar-refractivity contribution in [2.75, 3.05) is 33.7 Å². The Kier molecular flexibility index (Phi) is 7.82. The van der Waals surface area contributed by atoms with Crippen molar-refractivity contribution >= 4 is 17.7 Å². The average molecular weight is 314 g/mol. The molecule has 0 saturated heterocycles.